The van der Waals surface area contributed by atoms with Crippen LogP contribution in [0.4, 0.5) is 0 Å². The van der Waals surface area contributed by atoms with Gasteiger partial charge in [0, 0.05) is 11.8 Å². The Kier molecular flexibility index (Phi) is 2.28. The molecule has 2 N–H and O–H groups in total. The molecule has 3 nitrogen and oxygen atoms in total. The van der Waals surface area contributed by atoms with Gasteiger partial charge in [-0.2, -0.15) is 0 Å². The van der Waals surface area contributed by atoms with E-state index >= 15 is 0 Å². The molecule has 0 atom stereocenters. The van der Waals surface area contributed by atoms with Gasteiger partial charge in [0.1, 0.15) is 0 Å². The van der Waals surface area contributed by atoms with Crippen molar-refractivity contribution in [3.8, 4) is 10.4 Å². The Morgan fingerprint density at radius 3 is 2.50 bits per heavy atom. The molecular weight excluding hydrogens is 196 g/mol. The number of amides is 1. The smallest absolute Gasteiger partial charge is 0.248 e. The van der Waals surface area contributed by atoms with Crippen LogP contribution >= 0.6 is 11.3 Å². The number of aromatic nitrogens is 1. The maximum Gasteiger partial charge on any atom is 0.248 e. The maximum atomic E-state index is 10.8. The number of rotatable bonds is 2. The zero-order chi connectivity index (χ0) is 9.97. The maximum absolute atomic E-state index is 10.8. The molecule has 1 amide bonds. The summed E-state index contributed by atoms with van der Waals surface area (Å²) >= 11 is 1.56. The van der Waals surface area contributed by atoms with E-state index in [9.17, 15) is 4.79 Å². The second kappa shape index (κ2) is 3.59. The average molecular weight is 204 g/mol. The predicted octanol–water partition coefficient (Wildman–Crippen LogP) is 1.91. The van der Waals surface area contributed by atoms with E-state index in [2.05, 4.69) is 4.98 Å². The quantitative estimate of drug-likeness (QED) is 0.812. The first kappa shape index (κ1) is 8.90. The highest BCUT2D eigenvalue weighted by Gasteiger charge is 2.01. The molecule has 1 aromatic heterocycles. The van der Waals surface area contributed by atoms with Gasteiger partial charge in [0.25, 0.3) is 0 Å². The molecule has 1 aromatic carbocycles. The summed E-state index contributed by atoms with van der Waals surface area (Å²) in [5.41, 5.74) is 8.49. The van der Waals surface area contributed by atoms with Gasteiger partial charge in [-0.1, -0.05) is 12.1 Å². The van der Waals surface area contributed by atoms with E-state index in [4.69, 9.17) is 5.73 Å². The summed E-state index contributed by atoms with van der Waals surface area (Å²) in [6, 6.07) is 7.18. The van der Waals surface area contributed by atoms with Crippen LogP contribution in [0.1, 0.15) is 10.4 Å². The lowest BCUT2D eigenvalue weighted by Crippen LogP contribution is -2.10. The van der Waals surface area contributed by atoms with Gasteiger partial charge in [-0.15, -0.1) is 11.3 Å². The molecule has 2 rings (SSSR count). The molecular formula is C10H8N2OS. The zero-order valence-electron chi connectivity index (χ0n) is 7.31. The summed E-state index contributed by atoms with van der Waals surface area (Å²) in [7, 11) is 0. The molecule has 0 bridgehead atoms. The van der Waals surface area contributed by atoms with Crippen LogP contribution in [0.25, 0.3) is 10.4 Å². The Morgan fingerprint density at radius 2 is 2.00 bits per heavy atom. The zero-order valence-corrected chi connectivity index (χ0v) is 8.12. The number of hydrogen-bond acceptors (Lipinski definition) is 3. The lowest BCUT2D eigenvalue weighted by atomic mass is 10.1. The van der Waals surface area contributed by atoms with Crippen molar-refractivity contribution in [3.63, 3.8) is 0 Å². The van der Waals surface area contributed by atoms with Crippen molar-refractivity contribution < 1.29 is 4.79 Å². The van der Waals surface area contributed by atoms with Crippen molar-refractivity contribution >= 4 is 17.2 Å². The molecule has 0 aliphatic heterocycles. The summed E-state index contributed by atoms with van der Waals surface area (Å²) in [5.74, 6) is -0.402. The number of carbonyl (C=O) groups excluding carboxylic acids is 1. The van der Waals surface area contributed by atoms with Crippen LogP contribution < -0.4 is 5.73 Å². The number of thiazole rings is 1. The Labute approximate surface area is 85.2 Å². The van der Waals surface area contributed by atoms with Crippen molar-refractivity contribution in [2.75, 3.05) is 0 Å². The second-order valence-corrected chi connectivity index (χ2v) is 3.69. The third kappa shape index (κ3) is 1.65. The van der Waals surface area contributed by atoms with Crippen LogP contribution in [0, 0.1) is 0 Å². The first-order valence-corrected chi connectivity index (χ1v) is 4.94. The van der Waals surface area contributed by atoms with Gasteiger partial charge < -0.3 is 5.73 Å². The molecule has 0 spiro atoms. The van der Waals surface area contributed by atoms with Gasteiger partial charge in [-0.3, -0.25) is 9.78 Å². The standard InChI is InChI=1S/C10H8N2OS/c11-10(13)8-3-1-7(2-4-8)9-5-12-6-14-9/h1-6H,(H2,11,13). The van der Waals surface area contributed by atoms with Gasteiger partial charge in [0.15, 0.2) is 0 Å². The molecule has 0 fully saturated rings. The van der Waals surface area contributed by atoms with Crippen LogP contribution in [0.15, 0.2) is 36.0 Å². The second-order valence-electron chi connectivity index (χ2n) is 2.81. The van der Waals surface area contributed by atoms with E-state index in [1.807, 2.05) is 12.1 Å². The van der Waals surface area contributed by atoms with E-state index in [0.717, 1.165) is 10.4 Å². The van der Waals surface area contributed by atoms with Crippen LogP contribution in [0.3, 0.4) is 0 Å². The minimum atomic E-state index is -0.402. The van der Waals surface area contributed by atoms with Gasteiger partial charge in [0.2, 0.25) is 5.91 Å². The first-order chi connectivity index (χ1) is 6.77. The minimum absolute atomic E-state index is 0.402. The fourth-order valence-corrected chi connectivity index (χ4v) is 1.79. The Bertz CT molecular complexity index is 434. The fraction of sp³-hybridized carbons (Fsp3) is 0. The van der Waals surface area contributed by atoms with Gasteiger partial charge in [-0.25, -0.2) is 0 Å². The third-order valence-corrected chi connectivity index (χ3v) is 2.71. The molecule has 0 aliphatic rings. The van der Waals surface area contributed by atoms with E-state index in [1.165, 1.54) is 0 Å². The summed E-state index contributed by atoms with van der Waals surface area (Å²) < 4.78 is 0. The van der Waals surface area contributed by atoms with E-state index < -0.39 is 5.91 Å². The lowest BCUT2D eigenvalue weighted by molar-refractivity contribution is 0.100. The topological polar surface area (TPSA) is 56.0 Å². The molecule has 14 heavy (non-hydrogen) atoms. The monoisotopic (exact) mass is 204 g/mol. The molecule has 0 radical (unpaired) electrons. The molecule has 0 saturated carbocycles. The number of carbonyl (C=O) groups is 1. The molecule has 0 aliphatic carbocycles. The Morgan fingerprint density at radius 1 is 1.29 bits per heavy atom. The predicted molar refractivity (Wildman–Crippen MR) is 56.1 cm³/mol. The number of nitrogens with two attached hydrogens (primary N) is 1. The van der Waals surface area contributed by atoms with Gasteiger partial charge in [0.05, 0.1) is 10.4 Å². The van der Waals surface area contributed by atoms with E-state index in [1.54, 1.807) is 35.2 Å². The third-order valence-electron chi connectivity index (χ3n) is 1.89. The number of hydrogen-bond donors (Lipinski definition) is 1. The normalized spacial score (nSPS) is 10.0. The summed E-state index contributed by atoms with van der Waals surface area (Å²) in [6.45, 7) is 0. The van der Waals surface area contributed by atoms with Crippen molar-refractivity contribution in [2.24, 2.45) is 5.73 Å². The van der Waals surface area contributed by atoms with Crippen LogP contribution in [-0.4, -0.2) is 10.9 Å². The van der Waals surface area contributed by atoms with Crippen molar-refractivity contribution in [1.82, 2.24) is 4.98 Å². The lowest BCUT2D eigenvalue weighted by Gasteiger charge is -1.97. The van der Waals surface area contributed by atoms with Crippen molar-refractivity contribution in [1.29, 1.82) is 0 Å². The van der Waals surface area contributed by atoms with Gasteiger partial charge in [-0.05, 0) is 17.7 Å². The molecule has 70 valence electrons. The summed E-state index contributed by atoms with van der Waals surface area (Å²) in [5, 5.41) is 0. The van der Waals surface area contributed by atoms with Gasteiger partial charge >= 0.3 is 0 Å². The largest absolute Gasteiger partial charge is 0.366 e. The fourth-order valence-electron chi connectivity index (χ4n) is 1.16. The van der Waals surface area contributed by atoms with Crippen molar-refractivity contribution in [3.05, 3.63) is 41.5 Å². The van der Waals surface area contributed by atoms with Crippen LogP contribution in [0.5, 0.6) is 0 Å². The van der Waals surface area contributed by atoms with E-state index in [0.29, 0.717) is 5.56 Å². The number of benzene rings is 1. The Hall–Kier alpha value is -1.68. The number of nitrogens with zero attached hydrogens (tertiary/aromatic N) is 1. The summed E-state index contributed by atoms with van der Waals surface area (Å²) in [6.07, 6.45) is 1.80. The SMILES string of the molecule is NC(=O)c1ccc(-c2cncs2)cc1. The first-order valence-electron chi connectivity index (χ1n) is 4.06. The molecule has 0 unspecified atom stereocenters. The highest BCUT2D eigenvalue weighted by Crippen LogP contribution is 2.22. The molecule has 0 saturated heterocycles. The molecule has 1 heterocycles. The highest BCUT2D eigenvalue weighted by molar-refractivity contribution is 7.13. The van der Waals surface area contributed by atoms with Crippen LogP contribution in [-0.2, 0) is 0 Å². The minimum Gasteiger partial charge on any atom is -0.366 e. The number of primary amides is 1. The Balaban J connectivity index is 2.36. The van der Waals surface area contributed by atoms with Crippen LogP contribution in [0.2, 0.25) is 0 Å². The average Bonchev–Trinajstić information content (AvgIpc) is 2.71. The van der Waals surface area contributed by atoms with E-state index in [-0.39, 0.29) is 0 Å². The molecule has 2 aromatic rings. The highest BCUT2D eigenvalue weighted by atomic mass is 32.1. The van der Waals surface area contributed by atoms with Crippen molar-refractivity contribution in [2.45, 2.75) is 0 Å². The summed E-state index contributed by atoms with van der Waals surface area (Å²) in [4.78, 5) is 15.9. The molecule has 4 heteroatoms.